The molecule has 5 nitrogen and oxygen atoms in total. The van der Waals surface area contributed by atoms with Gasteiger partial charge in [-0.2, -0.15) is 0 Å². The highest BCUT2D eigenvalue weighted by atomic mass is 16.7. The number of ether oxygens (including phenoxy) is 1. The molecule has 2 saturated heterocycles. The van der Waals surface area contributed by atoms with E-state index >= 15 is 0 Å². The van der Waals surface area contributed by atoms with Crippen molar-refractivity contribution in [2.75, 3.05) is 7.11 Å². The maximum Gasteiger partial charge on any atom is 0.490 e. The summed E-state index contributed by atoms with van der Waals surface area (Å²) < 4.78 is 31.2. The van der Waals surface area contributed by atoms with Crippen LogP contribution in [-0.4, -0.2) is 43.8 Å². The van der Waals surface area contributed by atoms with E-state index in [-0.39, 0.29) is 0 Å². The van der Waals surface area contributed by atoms with E-state index in [1.165, 1.54) is 0 Å². The van der Waals surface area contributed by atoms with Crippen molar-refractivity contribution in [3.63, 3.8) is 0 Å². The second-order valence-electron chi connectivity index (χ2n) is 10.6. The van der Waals surface area contributed by atoms with Crippen molar-refractivity contribution in [3.8, 4) is 5.75 Å². The molecule has 7 heteroatoms. The van der Waals surface area contributed by atoms with E-state index in [0.29, 0.717) is 0 Å². The normalized spacial score (nSPS) is 25.8. The summed E-state index contributed by atoms with van der Waals surface area (Å²) in [4.78, 5) is 0. The second kappa shape index (κ2) is 7.13. The molecular formula is C23H36B2O5. The monoisotopic (exact) mass is 414 g/mol. The van der Waals surface area contributed by atoms with Crippen LogP contribution in [0.3, 0.4) is 0 Å². The SMILES string of the molecule is C=C(B1OC(C)(C)C(C)(C)O1)[C@](C)(B1OC(C)(C)C(C)(C)O1)c1cccc(OC)c1. The minimum atomic E-state index is -0.735. The number of hydrogen-bond acceptors (Lipinski definition) is 5. The first kappa shape index (κ1) is 23.4. The van der Waals surface area contributed by atoms with Gasteiger partial charge in [-0.15, -0.1) is 6.58 Å². The van der Waals surface area contributed by atoms with Gasteiger partial charge in [0.15, 0.2) is 0 Å². The first-order valence-corrected chi connectivity index (χ1v) is 10.6. The van der Waals surface area contributed by atoms with E-state index in [1.807, 2.05) is 52.0 Å². The third kappa shape index (κ3) is 3.54. The molecule has 3 rings (SSSR count). The molecule has 0 N–H and O–H groups in total. The van der Waals surface area contributed by atoms with Crippen molar-refractivity contribution in [3.05, 3.63) is 41.9 Å². The van der Waals surface area contributed by atoms with Gasteiger partial charge in [-0.3, -0.25) is 0 Å². The largest absolute Gasteiger partial charge is 0.497 e. The molecule has 0 aromatic heterocycles. The Morgan fingerprint density at radius 3 is 1.80 bits per heavy atom. The van der Waals surface area contributed by atoms with Gasteiger partial charge in [0.2, 0.25) is 0 Å². The smallest absolute Gasteiger partial charge is 0.490 e. The van der Waals surface area contributed by atoms with Crippen LogP contribution in [0.1, 0.15) is 67.9 Å². The third-order valence-electron chi connectivity index (χ3n) is 7.60. The molecule has 0 radical (unpaired) electrons. The third-order valence-corrected chi connectivity index (χ3v) is 7.60. The van der Waals surface area contributed by atoms with Crippen molar-refractivity contribution >= 4 is 14.2 Å². The first-order valence-electron chi connectivity index (χ1n) is 10.6. The zero-order chi connectivity index (χ0) is 22.8. The first-order chi connectivity index (χ1) is 13.6. The van der Waals surface area contributed by atoms with Gasteiger partial charge >= 0.3 is 14.2 Å². The van der Waals surface area contributed by atoms with Crippen molar-refractivity contribution in [1.82, 2.24) is 0 Å². The van der Waals surface area contributed by atoms with E-state index < -0.39 is 42.0 Å². The Hall–Kier alpha value is -1.27. The molecule has 0 bridgehead atoms. The Morgan fingerprint density at radius 2 is 1.33 bits per heavy atom. The van der Waals surface area contributed by atoms with Crippen LogP contribution in [0.4, 0.5) is 0 Å². The fraction of sp³-hybridized carbons (Fsp3) is 0.652. The molecule has 0 aliphatic carbocycles. The van der Waals surface area contributed by atoms with Gasteiger partial charge in [-0.05, 0) is 78.6 Å². The van der Waals surface area contributed by atoms with E-state index in [4.69, 9.17) is 23.4 Å². The lowest BCUT2D eigenvalue weighted by Crippen LogP contribution is -2.49. The van der Waals surface area contributed by atoms with Gasteiger partial charge < -0.3 is 23.4 Å². The van der Waals surface area contributed by atoms with Gasteiger partial charge in [0.1, 0.15) is 5.75 Å². The Morgan fingerprint density at radius 1 is 0.867 bits per heavy atom. The van der Waals surface area contributed by atoms with Gasteiger partial charge in [0.05, 0.1) is 29.5 Å². The number of hydrogen-bond donors (Lipinski definition) is 0. The van der Waals surface area contributed by atoms with Crippen LogP contribution < -0.4 is 4.74 Å². The van der Waals surface area contributed by atoms with E-state index in [0.717, 1.165) is 16.8 Å². The van der Waals surface area contributed by atoms with Crippen LogP contribution in [0.5, 0.6) is 5.75 Å². The summed E-state index contributed by atoms with van der Waals surface area (Å²) in [6, 6.07) is 7.94. The van der Waals surface area contributed by atoms with E-state index in [1.54, 1.807) is 7.11 Å². The van der Waals surface area contributed by atoms with Crippen LogP contribution in [0.25, 0.3) is 0 Å². The lowest BCUT2D eigenvalue weighted by Gasteiger charge is -2.35. The predicted octanol–water partition coefficient (Wildman–Crippen LogP) is 4.77. The van der Waals surface area contributed by atoms with Gasteiger partial charge in [-0.25, -0.2) is 0 Å². The quantitative estimate of drug-likeness (QED) is 0.650. The van der Waals surface area contributed by atoms with Crippen LogP contribution >= 0.6 is 0 Å². The van der Waals surface area contributed by atoms with Crippen molar-refractivity contribution in [2.24, 2.45) is 0 Å². The molecule has 2 fully saturated rings. The lowest BCUT2D eigenvalue weighted by atomic mass is 9.45. The minimum Gasteiger partial charge on any atom is -0.497 e. The van der Waals surface area contributed by atoms with Crippen molar-refractivity contribution < 1.29 is 23.4 Å². The molecule has 164 valence electrons. The topological polar surface area (TPSA) is 46.2 Å². The summed E-state index contributed by atoms with van der Waals surface area (Å²) in [7, 11) is 0.500. The Kier molecular flexibility index (Phi) is 5.56. The van der Waals surface area contributed by atoms with Crippen LogP contribution in [0.15, 0.2) is 36.3 Å². The molecule has 0 spiro atoms. The van der Waals surface area contributed by atoms with Crippen LogP contribution in [0.2, 0.25) is 0 Å². The average molecular weight is 414 g/mol. The number of benzene rings is 1. The maximum atomic E-state index is 6.51. The zero-order valence-corrected chi connectivity index (χ0v) is 20.2. The Labute approximate surface area is 182 Å². The summed E-state index contributed by atoms with van der Waals surface area (Å²) in [5.41, 5.74) is -0.160. The lowest BCUT2D eigenvalue weighted by molar-refractivity contribution is 0.00578. The molecule has 1 atom stereocenters. The summed E-state index contributed by atoms with van der Waals surface area (Å²) >= 11 is 0. The molecule has 0 unspecified atom stereocenters. The van der Waals surface area contributed by atoms with Crippen molar-refractivity contribution in [1.29, 1.82) is 0 Å². The number of methoxy groups -OCH3 is 1. The maximum absolute atomic E-state index is 6.51. The summed E-state index contributed by atoms with van der Waals surface area (Å²) in [6.45, 7) is 22.9. The molecule has 1 aromatic carbocycles. The molecule has 2 aliphatic rings. The van der Waals surface area contributed by atoms with Crippen LogP contribution in [0, 0.1) is 0 Å². The fourth-order valence-electron chi connectivity index (χ4n) is 3.73. The highest BCUT2D eigenvalue weighted by Crippen LogP contribution is 2.49. The van der Waals surface area contributed by atoms with Crippen molar-refractivity contribution in [2.45, 2.75) is 90.0 Å². The molecule has 0 amide bonds. The Bertz CT molecular complexity index is 801. The highest BCUT2D eigenvalue weighted by molar-refractivity contribution is 6.62. The Balaban J connectivity index is 2.08. The van der Waals surface area contributed by atoms with Gasteiger partial charge in [0.25, 0.3) is 0 Å². The molecule has 0 saturated carbocycles. The second-order valence-corrected chi connectivity index (χ2v) is 10.6. The summed E-state index contributed by atoms with van der Waals surface area (Å²) in [5.74, 6) is 0.761. The number of allylic oxidation sites excluding steroid dienone is 1. The predicted molar refractivity (Wildman–Crippen MR) is 122 cm³/mol. The van der Waals surface area contributed by atoms with Gasteiger partial charge in [0, 0.05) is 5.31 Å². The minimum absolute atomic E-state index is 0.466. The molecule has 1 aromatic rings. The fourth-order valence-corrected chi connectivity index (χ4v) is 3.73. The molecular weight excluding hydrogens is 378 g/mol. The molecule has 2 aliphatic heterocycles. The summed E-state index contributed by atoms with van der Waals surface area (Å²) in [6.07, 6.45) is 0. The van der Waals surface area contributed by atoms with E-state index in [9.17, 15) is 0 Å². The number of rotatable bonds is 5. The van der Waals surface area contributed by atoms with Crippen LogP contribution in [-0.2, 0) is 23.9 Å². The van der Waals surface area contributed by atoms with Gasteiger partial charge in [-0.1, -0.05) is 19.1 Å². The molecule has 2 heterocycles. The average Bonchev–Trinajstić information content (AvgIpc) is 3.00. The standard InChI is InChI=1S/C23H36B2O5/c1-16(24-27-19(2,3)20(4,5)28-24)23(10,17-13-12-14-18(15-17)26-11)25-29-21(6,7)22(8,9)30-25/h12-15H,1H2,2-11H3/t23-/m0/s1. The molecule has 30 heavy (non-hydrogen) atoms. The summed E-state index contributed by atoms with van der Waals surface area (Å²) in [5, 5.41) is -0.735. The zero-order valence-electron chi connectivity index (χ0n) is 20.2. The highest BCUT2D eigenvalue weighted by Gasteiger charge is 2.63. The van der Waals surface area contributed by atoms with E-state index in [2.05, 4.69) is 41.2 Å².